The van der Waals surface area contributed by atoms with Crippen LogP contribution in [0.15, 0.2) is 33.7 Å². The van der Waals surface area contributed by atoms with Gasteiger partial charge in [-0.2, -0.15) is 0 Å². The number of thiocarbonyl (C=S) groups is 1. The summed E-state index contributed by atoms with van der Waals surface area (Å²) in [7, 11) is 0. The van der Waals surface area contributed by atoms with Crippen molar-refractivity contribution < 1.29 is 4.74 Å². The van der Waals surface area contributed by atoms with Gasteiger partial charge in [-0.1, -0.05) is 28.1 Å². The number of hydrogen-bond donors (Lipinski definition) is 0. The van der Waals surface area contributed by atoms with E-state index in [1.54, 1.807) is 0 Å². The standard InChI is InChI=1S/C13H14BrNOS/c14-11-3-1-10(2-4-11)8-16-13-6-5-12(7-13)15-9-17/h1-4,12-13H,5-8H2/t12-,13-/m1/s1. The van der Waals surface area contributed by atoms with Crippen LogP contribution in [0.3, 0.4) is 0 Å². The van der Waals surface area contributed by atoms with Crippen molar-refractivity contribution in [2.75, 3.05) is 0 Å². The van der Waals surface area contributed by atoms with Gasteiger partial charge in [-0.15, -0.1) is 0 Å². The maximum atomic E-state index is 5.87. The van der Waals surface area contributed by atoms with E-state index in [0.717, 1.165) is 23.7 Å². The highest BCUT2D eigenvalue weighted by atomic mass is 79.9. The Kier molecular flexibility index (Phi) is 4.86. The van der Waals surface area contributed by atoms with Crippen LogP contribution < -0.4 is 0 Å². The molecule has 0 radical (unpaired) electrons. The Morgan fingerprint density at radius 3 is 2.82 bits per heavy atom. The Hall–Kier alpha value is -0.540. The molecule has 90 valence electrons. The highest BCUT2D eigenvalue weighted by Gasteiger charge is 2.24. The van der Waals surface area contributed by atoms with Gasteiger partial charge in [0.15, 0.2) is 0 Å². The first kappa shape index (κ1) is 12.9. The lowest BCUT2D eigenvalue weighted by Gasteiger charge is -2.11. The minimum atomic E-state index is 0.316. The van der Waals surface area contributed by atoms with Crippen LogP contribution in [0.5, 0.6) is 0 Å². The van der Waals surface area contributed by atoms with E-state index >= 15 is 0 Å². The smallest absolute Gasteiger partial charge is 0.0720 e. The molecule has 4 heteroatoms. The van der Waals surface area contributed by atoms with E-state index < -0.39 is 0 Å². The zero-order chi connectivity index (χ0) is 12.1. The SMILES string of the molecule is S=C=N[C@@H]1CC[C@@H](OCc2ccc(Br)cc2)C1. The van der Waals surface area contributed by atoms with Gasteiger partial charge in [0, 0.05) is 4.47 Å². The van der Waals surface area contributed by atoms with Crippen molar-refractivity contribution in [1.82, 2.24) is 0 Å². The van der Waals surface area contributed by atoms with Gasteiger partial charge in [-0.3, -0.25) is 0 Å². The molecule has 0 aromatic heterocycles. The number of aliphatic imine (C=N–C) groups is 1. The summed E-state index contributed by atoms with van der Waals surface area (Å²) in [6.07, 6.45) is 3.42. The molecule has 1 aliphatic rings. The molecule has 1 aliphatic carbocycles. The van der Waals surface area contributed by atoms with Crippen LogP contribution in [0, 0.1) is 0 Å². The lowest BCUT2D eigenvalue weighted by atomic mass is 10.2. The highest BCUT2D eigenvalue weighted by Crippen LogP contribution is 2.25. The first-order valence-corrected chi connectivity index (χ1v) is 6.91. The van der Waals surface area contributed by atoms with Crippen molar-refractivity contribution in [3.63, 3.8) is 0 Å². The first-order valence-electron chi connectivity index (χ1n) is 5.71. The van der Waals surface area contributed by atoms with Crippen molar-refractivity contribution in [1.29, 1.82) is 0 Å². The number of rotatable bonds is 4. The number of nitrogens with zero attached hydrogens (tertiary/aromatic N) is 1. The van der Waals surface area contributed by atoms with Crippen LogP contribution in [-0.4, -0.2) is 17.3 Å². The second kappa shape index (κ2) is 6.41. The second-order valence-electron chi connectivity index (χ2n) is 4.25. The maximum Gasteiger partial charge on any atom is 0.0720 e. The van der Waals surface area contributed by atoms with Crippen LogP contribution >= 0.6 is 28.1 Å². The van der Waals surface area contributed by atoms with Gasteiger partial charge in [-0.25, -0.2) is 4.99 Å². The summed E-state index contributed by atoms with van der Waals surface area (Å²) in [6.45, 7) is 0.673. The molecule has 2 rings (SSSR count). The van der Waals surface area contributed by atoms with Crippen LogP contribution in [0.1, 0.15) is 24.8 Å². The van der Waals surface area contributed by atoms with Crippen LogP contribution in [-0.2, 0) is 11.3 Å². The van der Waals surface area contributed by atoms with Gasteiger partial charge < -0.3 is 4.74 Å². The molecule has 0 bridgehead atoms. The third-order valence-electron chi connectivity index (χ3n) is 2.99. The summed E-state index contributed by atoms with van der Waals surface area (Å²) in [4.78, 5) is 4.12. The van der Waals surface area contributed by atoms with Crippen molar-refractivity contribution in [3.8, 4) is 0 Å². The van der Waals surface area contributed by atoms with E-state index in [9.17, 15) is 0 Å². The lowest BCUT2D eigenvalue weighted by molar-refractivity contribution is 0.0449. The molecule has 1 aromatic rings. The first-order chi connectivity index (χ1) is 8.28. The minimum Gasteiger partial charge on any atom is -0.373 e. The molecule has 0 aliphatic heterocycles. The molecule has 17 heavy (non-hydrogen) atoms. The fraction of sp³-hybridized carbons (Fsp3) is 0.462. The third-order valence-corrected chi connectivity index (χ3v) is 3.63. The van der Waals surface area contributed by atoms with Crippen LogP contribution in [0.4, 0.5) is 0 Å². The Morgan fingerprint density at radius 2 is 2.12 bits per heavy atom. The molecule has 0 saturated heterocycles. The van der Waals surface area contributed by atoms with E-state index in [-0.39, 0.29) is 0 Å². The monoisotopic (exact) mass is 311 g/mol. The summed E-state index contributed by atoms with van der Waals surface area (Å²) >= 11 is 8.04. The number of benzene rings is 1. The maximum absolute atomic E-state index is 5.87. The van der Waals surface area contributed by atoms with Gasteiger partial charge >= 0.3 is 0 Å². The Labute approximate surface area is 115 Å². The summed E-state index contributed by atoms with van der Waals surface area (Å²) in [5.74, 6) is 0. The molecule has 1 aromatic carbocycles. The number of hydrogen-bond acceptors (Lipinski definition) is 3. The van der Waals surface area contributed by atoms with Gasteiger partial charge in [0.25, 0.3) is 0 Å². The van der Waals surface area contributed by atoms with E-state index in [2.05, 4.69) is 50.4 Å². The molecule has 0 unspecified atom stereocenters. The highest BCUT2D eigenvalue weighted by molar-refractivity contribution is 9.10. The summed E-state index contributed by atoms with van der Waals surface area (Å²) in [5.41, 5.74) is 1.20. The third kappa shape index (κ3) is 4.00. The van der Waals surface area contributed by atoms with Gasteiger partial charge in [0.2, 0.25) is 0 Å². The molecule has 0 amide bonds. The molecule has 2 nitrogen and oxygen atoms in total. The van der Waals surface area contributed by atoms with Crippen molar-refractivity contribution in [2.45, 2.75) is 38.0 Å². The summed E-state index contributed by atoms with van der Waals surface area (Å²) in [6, 6.07) is 8.54. The molecule has 1 saturated carbocycles. The molecule has 0 N–H and O–H groups in total. The van der Waals surface area contributed by atoms with E-state index in [0.29, 0.717) is 18.8 Å². The topological polar surface area (TPSA) is 21.6 Å². The number of halogens is 1. The second-order valence-corrected chi connectivity index (χ2v) is 5.34. The van der Waals surface area contributed by atoms with Gasteiger partial charge in [-0.05, 0) is 49.2 Å². The molecular weight excluding hydrogens is 298 g/mol. The fourth-order valence-corrected chi connectivity index (χ4v) is 2.47. The number of ether oxygens (including phenoxy) is 1. The van der Waals surface area contributed by atoms with E-state index in [4.69, 9.17) is 4.74 Å². The van der Waals surface area contributed by atoms with Gasteiger partial charge in [0.05, 0.1) is 23.9 Å². The predicted molar refractivity (Wildman–Crippen MR) is 75.4 cm³/mol. The van der Waals surface area contributed by atoms with Crippen LogP contribution in [0.2, 0.25) is 0 Å². The minimum absolute atomic E-state index is 0.316. The lowest BCUT2D eigenvalue weighted by Crippen LogP contribution is -2.09. The quantitative estimate of drug-likeness (QED) is 0.619. The van der Waals surface area contributed by atoms with E-state index in [1.807, 2.05) is 12.1 Å². The normalized spacial score (nSPS) is 23.4. The average Bonchev–Trinajstić information content (AvgIpc) is 2.77. The van der Waals surface area contributed by atoms with Crippen molar-refractivity contribution >= 4 is 33.3 Å². The summed E-state index contributed by atoms with van der Waals surface area (Å²) < 4.78 is 6.96. The molecule has 0 heterocycles. The Bertz CT molecular complexity index is 414. The average molecular weight is 312 g/mol. The largest absolute Gasteiger partial charge is 0.373 e. The van der Waals surface area contributed by atoms with Gasteiger partial charge in [0.1, 0.15) is 0 Å². The Balaban J connectivity index is 1.79. The molecular formula is C13H14BrNOS. The van der Waals surface area contributed by atoms with Crippen molar-refractivity contribution in [3.05, 3.63) is 34.3 Å². The van der Waals surface area contributed by atoms with Crippen molar-refractivity contribution in [2.24, 2.45) is 4.99 Å². The molecule has 0 spiro atoms. The molecule has 1 fully saturated rings. The van der Waals surface area contributed by atoms with E-state index in [1.165, 1.54) is 5.56 Å². The van der Waals surface area contributed by atoms with Crippen LogP contribution in [0.25, 0.3) is 0 Å². The fourth-order valence-electron chi connectivity index (χ4n) is 2.06. The predicted octanol–water partition coefficient (Wildman–Crippen LogP) is 3.99. The molecule has 2 atom stereocenters. The zero-order valence-electron chi connectivity index (χ0n) is 9.43. The zero-order valence-corrected chi connectivity index (χ0v) is 11.8. The number of isothiocyanates is 1. The summed E-state index contributed by atoms with van der Waals surface area (Å²) in [5, 5.41) is 2.46. The Morgan fingerprint density at radius 1 is 1.35 bits per heavy atom.